The minimum atomic E-state index is -0.0221. The number of piperazine rings is 1. The number of hydrogen-bond donors (Lipinski definition) is 3. The highest BCUT2D eigenvalue weighted by Gasteiger charge is 2.37. The number of nitrogens with one attached hydrogen (secondary N) is 1. The standard InChI is InChI=1S/C20H29ClN4O3/c1-23-9-14(10-23)25-5-4-24(11-15(25)12-26)20(28)8-22-18-6-16(13-2-3-13)17(21)7-19(18)27/h6-7,13-15,22,26-27H,2-5,8-12H2,1H3. The Morgan fingerprint density at radius 2 is 2.00 bits per heavy atom. The van der Waals surface area contributed by atoms with E-state index in [4.69, 9.17) is 11.6 Å². The van der Waals surface area contributed by atoms with Crippen molar-refractivity contribution in [2.45, 2.75) is 30.8 Å². The third-order valence-electron chi connectivity index (χ3n) is 6.17. The molecule has 154 valence electrons. The fourth-order valence-corrected chi connectivity index (χ4v) is 4.64. The molecule has 1 aromatic rings. The molecule has 0 radical (unpaired) electrons. The molecule has 2 heterocycles. The molecule has 3 aliphatic rings. The lowest BCUT2D eigenvalue weighted by Crippen LogP contribution is -2.66. The number of carbonyl (C=O) groups is 1. The molecule has 4 rings (SSSR count). The number of likely N-dealkylation sites (tertiary alicyclic amines) is 1. The van der Waals surface area contributed by atoms with Gasteiger partial charge in [0.2, 0.25) is 5.91 Å². The molecular weight excluding hydrogens is 380 g/mol. The molecule has 7 nitrogen and oxygen atoms in total. The van der Waals surface area contributed by atoms with Crippen LogP contribution in [-0.2, 0) is 4.79 Å². The molecule has 2 saturated heterocycles. The molecule has 1 saturated carbocycles. The van der Waals surface area contributed by atoms with Gasteiger partial charge in [0.15, 0.2) is 0 Å². The SMILES string of the molecule is CN1CC(N2CCN(C(=O)CNc3cc(C4CC4)c(Cl)cc3O)CC2CO)C1. The van der Waals surface area contributed by atoms with Crippen molar-refractivity contribution in [2.24, 2.45) is 0 Å². The predicted molar refractivity (Wildman–Crippen MR) is 109 cm³/mol. The van der Waals surface area contributed by atoms with Crippen LogP contribution in [0.3, 0.4) is 0 Å². The lowest BCUT2D eigenvalue weighted by atomic mass is 10.0. The Balaban J connectivity index is 1.34. The van der Waals surface area contributed by atoms with Crippen molar-refractivity contribution in [3.05, 3.63) is 22.7 Å². The number of phenols is 1. The zero-order valence-corrected chi connectivity index (χ0v) is 17.0. The number of aromatic hydroxyl groups is 1. The number of likely N-dealkylation sites (N-methyl/N-ethyl adjacent to an activating group) is 1. The Labute approximate surface area is 170 Å². The van der Waals surface area contributed by atoms with Gasteiger partial charge in [0.25, 0.3) is 0 Å². The molecule has 8 heteroatoms. The van der Waals surface area contributed by atoms with Gasteiger partial charge in [-0.05, 0) is 37.4 Å². The molecule has 0 aromatic heterocycles. The highest BCUT2D eigenvalue weighted by molar-refractivity contribution is 6.31. The van der Waals surface area contributed by atoms with E-state index in [9.17, 15) is 15.0 Å². The number of amides is 1. The van der Waals surface area contributed by atoms with Crippen molar-refractivity contribution in [2.75, 3.05) is 58.2 Å². The van der Waals surface area contributed by atoms with E-state index in [-0.39, 0.29) is 30.9 Å². The van der Waals surface area contributed by atoms with Crippen LogP contribution in [0.15, 0.2) is 12.1 Å². The van der Waals surface area contributed by atoms with E-state index >= 15 is 0 Å². The summed E-state index contributed by atoms with van der Waals surface area (Å²) in [5.41, 5.74) is 1.59. The van der Waals surface area contributed by atoms with Gasteiger partial charge < -0.3 is 25.3 Å². The van der Waals surface area contributed by atoms with Crippen LogP contribution in [-0.4, -0.2) is 95.8 Å². The van der Waals surface area contributed by atoms with Crippen molar-refractivity contribution in [3.63, 3.8) is 0 Å². The number of benzene rings is 1. The van der Waals surface area contributed by atoms with Crippen LogP contribution in [0, 0.1) is 0 Å². The second-order valence-corrected chi connectivity index (χ2v) is 8.71. The molecule has 1 amide bonds. The van der Waals surface area contributed by atoms with E-state index < -0.39 is 0 Å². The number of aliphatic hydroxyl groups is 1. The average molecular weight is 409 g/mol. The second-order valence-electron chi connectivity index (χ2n) is 8.31. The summed E-state index contributed by atoms with van der Waals surface area (Å²) in [6.45, 7) is 4.20. The first-order valence-corrected chi connectivity index (χ1v) is 10.4. The number of rotatable bonds is 6. The van der Waals surface area contributed by atoms with E-state index in [2.05, 4.69) is 22.2 Å². The number of carbonyl (C=O) groups excluding carboxylic acids is 1. The van der Waals surface area contributed by atoms with Crippen LogP contribution in [0.2, 0.25) is 5.02 Å². The molecule has 0 bridgehead atoms. The third-order valence-corrected chi connectivity index (χ3v) is 6.50. The summed E-state index contributed by atoms with van der Waals surface area (Å²) < 4.78 is 0. The Hall–Kier alpha value is -1.54. The largest absolute Gasteiger partial charge is 0.506 e. The first-order chi connectivity index (χ1) is 13.5. The number of aliphatic hydroxyl groups excluding tert-OH is 1. The van der Waals surface area contributed by atoms with Crippen LogP contribution in [0.5, 0.6) is 5.75 Å². The van der Waals surface area contributed by atoms with Gasteiger partial charge in [-0.15, -0.1) is 0 Å². The van der Waals surface area contributed by atoms with E-state index in [1.165, 1.54) is 0 Å². The minimum Gasteiger partial charge on any atom is -0.506 e. The van der Waals surface area contributed by atoms with Crippen LogP contribution < -0.4 is 5.32 Å². The van der Waals surface area contributed by atoms with Gasteiger partial charge in [-0.2, -0.15) is 0 Å². The lowest BCUT2D eigenvalue weighted by Gasteiger charge is -2.50. The average Bonchev–Trinajstić information content (AvgIpc) is 3.49. The van der Waals surface area contributed by atoms with Crippen molar-refractivity contribution in [1.82, 2.24) is 14.7 Å². The van der Waals surface area contributed by atoms with Crippen LogP contribution >= 0.6 is 11.6 Å². The summed E-state index contributed by atoms with van der Waals surface area (Å²) in [6, 6.07) is 3.88. The van der Waals surface area contributed by atoms with Crippen LogP contribution in [0.4, 0.5) is 5.69 Å². The van der Waals surface area contributed by atoms with Gasteiger partial charge in [0.05, 0.1) is 24.9 Å². The Morgan fingerprint density at radius 3 is 2.64 bits per heavy atom. The Kier molecular flexibility index (Phi) is 5.69. The molecule has 1 atom stereocenters. The highest BCUT2D eigenvalue weighted by atomic mass is 35.5. The first-order valence-electron chi connectivity index (χ1n) is 10.1. The topological polar surface area (TPSA) is 79.3 Å². The van der Waals surface area contributed by atoms with Crippen molar-refractivity contribution >= 4 is 23.2 Å². The molecule has 2 aliphatic heterocycles. The lowest BCUT2D eigenvalue weighted by molar-refractivity contribution is -0.134. The van der Waals surface area contributed by atoms with Crippen molar-refractivity contribution < 1.29 is 15.0 Å². The zero-order valence-electron chi connectivity index (χ0n) is 16.3. The van der Waals surface area contributed by atoms with Crippen LogP contribution in [0.25, 0.3) is 0 Å². The summed E-state index contributed by atoms with van der Waals surface area (Å²) >= 11 is 6.22. The first kappa shape index (κ1) is 19.8. The number of halogens is 1. The van der Waals surface area contributed by atoms with Crippen LogP contribution in [0.1, 0.15) is 24.3 Å². The molecule has 1 unspecified atom stereocenters. The summed E-state index contributed by atoms with van der Waals surface area (Å²) in [5, 5.41) is 23.6. The summed E-state index contributed by atoms with van der Waals surface area (Å²) in [7, 11) is 2.09. The maximum Gasteiger partial charge on any atom is 0.241 e. The van der Waals surface area contributed by atoms with E-state index in [1.54, 1.807) is 6.07 Å². The molecule has 3 fully saturated rings. The molecule has 1 aromatic carbocycles. The maximum atomic E-state index is 12.7. The second kappa shape index (κ2) is 8.06. The van der Waals surface area contributed by atoms with Gasteiger partial charge >= 0.3 is 0 Å². The van der Waals surface area contributed by atoms with Gasteiger partial charge in [-0.3, -0.25) is 9.69 Å². The molecular formula is C20H29ClN4O3. The van der Waals surface area contributed by atoms with E-state index in [1.807, 2.05) is 11.0 Å². The molecule has 28 heavy (non-hydrogen) atoms. The fourth-order valence-electron chi connectivity index (χ4n) is 4.33. The number of nitrogens with zero attached hydrogens (tertiary/aromatic N) is 3. The Bertz CT molecular complexity index is 736. The summed E-state index contributed by atoms with van der Waals surface area (Å²) in [5.74, 6) is 0.508. The maximum absolute atomic E-state index is 12.7. The molecule has 1 aliphatic carbocycles. The third kappa shape index (κ3) is 4.08. The number of hydrogen-bond acceptors (Lipinski definition) is 6. The summed E-state index contributed by atoms with van der Waals surface area (Å²) in [4.78, 5) is 19.1. The summed E-state index contributed by atoms with van der Waals surface area (Å²) in [6.07, 6.45) is 2.24. The quantitative estimate of drug-likeness (QED) is 0.613. The van der Waals surface area contributed by atoms with E-state index in [0.717, 1.165) is 38.0 Å². The van der Waals surface area contributed by atoms with Gasteiger partial charge in [-0.1, -0.05) is 11.6 Å². The zero-order chi connectivity index (χ0) is 19.8. The molecule has 3 N–H and O–H groups in total. The van der Waals surface area contributed by atoms with Gasteiger partial charge in [0, 0.05) is 49.9 Å². The normalized spacial score (nSPS) is 24.2. The minimum absolute atomic E-state index is 0.0122. The van der Waals surface area contributed by atoms with Gasteiger partial charge in [0.1, 0.15) is 5.75 Å². The number of phenolic OH excluding ortho intramolecular Hbond substituents is 1. The number of anilines is 1. The molecule has 0 spiro atoms. The smallest absolute Gasteiger partial charge is 0.241 e. The highest BCUT2D eigenvalue weighted by Crippen LogP contribution is 2.45. The predicted octanol–water partition coefficient (Wildman–Crippen LogP) is 1.15. The fraction of sp³-hybridized carbons (Fsp3) is 0.650. The van der Waals surface area contributed by atoms with Gasteiger partial charge in [-0.25, -0.2) is 0 Å². The Morgan fingerprint density at radius 1 is 1.25 bits per heavy atom. The monoisotopic (exact) mass is 408 g/mol. The van der Waals surface area contributed by atoms with Crippen molar-refractivity contribution in [1.29, 1.82) is 0 Å². The van der Waals surface area contributed by atoms with Crippen molar-refractivity contribution in [3.8, 4) is 5.75 Å². The van der Waals surface area contributed by atoms with E-state index in [0.29, 0.717) is 35.8 Å².